The second kappa shape index (κ2) is 7.36. The van der Waals surface area contributed by atoms with Crippen molar-refractivity contribution in [1.29, 1.82) is 0 Å². The van der Waals surface area contributed by atoms with Crippen LogP contribution in [0.3, 0.4) is 0 Å². The molecule has 0 amide bonds. The van der Waals surface area contributed by atoms with Gasteiger partial charge in [0.2, 0.25) is 0 Å². The smallest absolute Gasteiger partial charge is 0.123 e. The number of rotatable bonds is 6. The lowest BCUT2D eigenvalue weighted by Gasteiger charge is -2.18. The minimum Gasteiger partial charge on any atom is -0.489 e. The van der Waals surface area contributed by atoms with Crippen molar-refractivity contribution in [2.45, 2.75) is 12.5 Å². The van der Waals surface area contributed by atoms with E-state index >= 15 is 0 Å². The monoisotopic (exact) mass is 327 g/mol. The molecule has 0 saturated heterocycles. The van der Waals surface area contributed by atoms with E-state index in [4.69, 9.17) is 16.3 Å². The molecule has 1 atom stereocenters. The maximum atomic E-state index is 9.83. The first-order valence-electron chi connectivity index (χ1n) is 7.48. The molecule has 2 N–H and O–H groups in total. The van der Waals surface area contributed by atoms with Crippen molar-refractivity contribution in [3.8, 4) is 5.75 Å². The summed E-state index contributed by atoms with van der Waals surface area (Å²) in [4.78, 5) is 3.15. The molecule has 4 heteroatoms. The first-order valence-corrected chi connectivity index (χ1v) is 7.86. The Hall–Kier alpha value is -2.23. The highest BCUT2D eigenvalue weighted by atomic mass is 35.5. The van der Waals surface area contributed by atoms with Gasteiger partial charge in [0.05, 0.1) is 12.5 Å². The zero-order valence-electron chi connectivity index (χ0n) is 12.6. The molecule has 0 aliphatic carbocycles. The van der Waals surface area contributed by atoms with Crippen LogP contribution in [0, 0.1) is 0 Å². The lowest BCUT2D eigenvalue weighted by molar-refractivity contribution is 0.267. The van der Waals surface area contributed by atoms with E-state index in [1.165, 1.54) is 0 Å². The predicted molar refractivity (Wildman–Crippen MR) is 91.9 cm³/mol. The van der Waals surface area contributed by atoms with Gasteiger partial charge < -0.3 is 14.8 Å². The molecule has 3 aromatic rings. The van der Waals surface area contributed by atoms with E-state index in [1.54, 1.807) is 6.07 Å². The van der Waals surface area contributed by atoms with Crippen LogP contribution in [0.25, 0.3) is 0 Å². The number of aliphatic hydroxyl groups excluding tert-OH is 1. The SMILES string of the molecule is OCC(c1ccc[nH]1)c1cc(Cl)ccc1OCc1ccccc1. The molecule has 1 aromatic heterocycles. The Morgan fingerprint density at radius 1 is 1.04 bits per heavy atom. The lowest BCUT2D eigenvalue weighted by atomic mass is 9.95. The number of nitrogens with one attached hydrogen (secondary N) is 1. The lowest BCUT2D eigenvalue weighted by Crippen LogP contribution is -2.09. The summed E-state index contributed by atoms with van der Waals surface area (Å²) < 4.78 is 5.98. The number of ether oxygens (including phenoxy) is 1. The van der Waals surface area contributed by atoms with Crippen molar-refractivity contribution in [1.82, 2.24) is 4.98 Å². The van der Waals surface area contributed by atoms with Gasteiger partial charge in [0.15, 0.2) is 0 Å². The van der Waals surface area contributed by atoms with E-state index in [9.17, 15) is 5.11 Å². The number of H-pyrrole nitrogens is 1. The Bertz CT molecular complexity index is 741. The number of aromatic amines is 1. The van der Waals surface area contributed by atoms with Gasteiger partial charge in [-0.3, -0.25) is 0 Å². The summed E-state index contributed by atoms with van der Waals surface area (Å²) in [6.07, 6.45) is 1.84. The molecule has 0 saturated carbocycles. The third kappa shape index (κ3) is 3.76. The van der Waals surface area contributed by atoms with E-state index < -0.39 is 0 Å². The summed E-state index contributed by atoms with van der Waals surface area (Å²) in [5.41, 5.74) is 2.89. The van der Waals surface area contributed by atoms with E-state index in [1.807, 2.05) is 60.8 Å². The normalized spacial score (nSPS) is 12.1. The van der Waals surface area contributed by atoms with Crippen LogP contribution < -0.4 is 4.74 Å². The molecule has 3 nitrogen and oxygen atoms in total. The van der Waals surface area contributed by atoms with Gasteiger partial charge in [0.25, 0.3) is 0 Å². The van der Waals surface area contributed by atoms with E-state index in [2.05, 4.69) is 4.98 Å². The Morgan fingerprint density at radius 2 is 1.87 bits per heavy atom. The molecule has 0 aliphatic heterocycles. The van der Waals surface area contributed by atoms with Crippen LogP contribution in [-0.4, -0.2) is 16.7 Å². The molecule has 1 heterocycles. The standard InChI is InChI=1S/C19H18ClNO2/c20-15-8-9-19(23-13-14-5-2-1-3-6-14)16(11-15)17(12-22)18-7-4-10-21-18/h1-11,17,21-22H,12-13H2. The Balaban J connectivity index is 1.88. The van der Waals surface area contributed by atoms with Crippen LogP contribution in [0.5, 0.6) is 5.75 Å². The highest BCUT2D eigenvalue weighted by molar-refractivity contribution is 6.30. The van der Waals surface area contributed by atoms with Gasteiger partial charge in [-0.1, -0.05) is 41.9 Å². The second-order valence-electron chi connectivity index (χ2n) is 5.32. The summed E-state index contributed by atoms with van der Waals surface area (Å²) in [7, 11) is 0. The molecule has 0 radical (unpaired) electrons. The van der Waals surface area contributed by atoms with Gasteiger partial charge in [-0.25, -0.2) is 0 Å². The van der Waals surface area contributed by atoms with E-state index in [0.717, 1.165) is 22.6 Å². The summed E-state index contributed by atoms with van der Waals surface area (Å²) in [6, 6.07) is 19.3. The third-order valence-electron chi connectivity index (χ3n) is 3.76. The van der Waals surface area contributed by atoms with Crippen LogP contribution in [0.4, 0.5) is 0 Å². The first kappa shape index (κ1) is 15.7. The molecule has 118 valence electrons. The predicted octanol–water partition coefficient (Wildman–Crippen LogP) is 4.37. The highest BCUT2D eigenvalue weighted by Gasteiger charge is 2.19. The molecule has 3 rings (SSSR count). The molecular formula is C19H18ClNO2. The minimum atomic E-state index is -0.200. The van der Waals surface area contributed by atoms with Crippen LogP contribution in [0.1, 0.15) is 22.7 Å². The molecule has 0 spiro atoms. The van der Waals surface area contributed by atoms with Crippen molar-refractivity contribution in [3.63, 3.8) is 0 Å². The van der Waals surface area contributed by atoms with Gasteiger partial charge in [0.1, 0.15) is 12.4 Å². The maximum Gasteiger partial charge on any atom is 0.123 e. The van der Waals surface area contributed by atoms with Gasteiger partial charge in [-0.15, -0.1) is 0 Å². The number of hydrogen-bond acceptors (Lipinski definition) is 2. The highest BCUT2D eigenvalue weighted by Crippen LogP contribution is 2.33. The van der Waals surface area contributed by atoms with Gasteiger partial charge in [-0.05, 0) is 35.9 Å². The van der Waals surface area contributed by atoms with Crippen molar-refractivity contribution in [3.05, 3.63) is 88.7 Å². The second-order valence-corrected chi connectivity index (χ2v) is 5.75. The number of benzene rings is 2. The molecule has 0 aliphatic rings. The third-order valence-corrected chi connectivity index (χ3v) is 4.00. The maximum absolute atomic E-state index is 9.83. The Labute approximate surface area is 140 Å². The fourth-order valence-corrected chi connectivity index (χ4v) is 2.76. The molecule has 2 aromatic carbocycles. The average Bonchev–Trinajstić information content (AvgIpc) is 3.10. The summed E-state index contributed by atoms with van der Waals surface area (Å²) in [6.45, 7) is 0.445. The van der Waals surface area contributed by atoms with Crippen LogP contribution in [0.15, 0.2) is 66.9 Å². The minimum absolute atomic E-state index is 0.0252. The van der Waals surface area contributed by atoms with Gasteiger partial charge in [-0.2, -0.15) is 0 Å². The molecule has 0 fully saturated rings. The van der Waals surface area contributed by atoms with E-state index in [0.29, 0.717) is 11.6 Å². The average molecular weight is 328 g/mol. The number of halogens is 1. The van der Waals surface area contributed by atoms with Crippen molar-refractivity contribution < 1.29 is 9.84 Å². The van der Waals surface area contributed by atoms with Crippen LogP contribution in [-0.2, 0) is 6.61 Å². The summed E-state index contributed by atoms with van der Waals surface area (Å²) in [5, 5.41) is 10.5. The summed E-state index contributed by atoms with van der Waals surface area (Å²) >= 11 is 6.15. The van der Waals surface area contributed by atoms with Crippen molar-refractivity contribution >= 4 is 11.6 Å². The van der Waals surface area contributed by atoms with Crippen molar-refractivity contribution in [2.75, 3.05) is 6.61 Å². The fourth-order valence-electron chi connectivity index (χ4n) is 2.58. The zero-order valence-corrected chi connectivity index (χ0v) is 13.3. The molecule has 0 bridgehead atoms. The summed E-state index contributed by atoms with van der Waals surface area (Å²) in [5.74, 6) is 0.529. The number of aliphatic hydroxyl groups is 1. The zero-order chi connectivity index (χ0) is 16.1. The molecular weight excluding hydrogens is 310 g/mol. The van der Waals surface area contributed by atoms with Crippen LogP contribution in [0.2, 0.25) is 5.02 Å². The number of hydrogen-bond donors (Lipinski definition) is 2. The quantitative estimate of drug-likeness (QED) is 0.706. The van der Waals surface area contributed by atoms with Gasteiger partial charge >= 0.3 is 0 Å². The van der Waals surface area contributed by atoms with E-state index in [-0.39, 0.29) is 12.5 Å². The first-order chi connectivity index (χ1) is 11.3. The Kier molecular flexibility index (Phi) is 5.01. The van der Waals surface area contributed by atoms with Crippen molar-refractivity contribution in [2.24, 2.45) is 0 Å². The topological polar surface area (TPSA) is 45.2 Å². The number of aromatic nitrogens is 1. The molecule has 1 unspecified atom stereocenters. The fraction of sp³-hybridized carbons (Fsp3) is 0.158. The van der Waals surface area contributed by atoms with Gasteiger partial charge in [0, 0.05) is 22.5 Å². The molecule has 23 heavy (non-hydrogen) atoms. The Morgan fingerprint density at radius 3 is 2.57 bits per heavy atom. The van der Waals surface area contributed by atoms with Crippen LogP contribution >= 0.6 is 11.6 Å². The largest absolute Gasteiger partial charge is 0.489 e.